The third-order valence-electron chi connectivity index (χ3n) is 5.06. The average molecular weight is 347 g/mol. The van der Waals surface area contributed by atoms with Crippen LogP contribution in [0.3, 0.4) is 0 Å². The molecule has 1 atom stereocenters. The Balaban J connectivity index is 1.71. The number of amides is 1. The highest BCUT2D eigenvalue weighted by Crippen LogP contribution is 2.32. The van der Waals surface area contributed by atoms with Gasteiger partial charge in [0.1, 0.15) is 18.4 Å². The molecular weight excluding hydrogens is 329 g/mol. The van der Waals surface area contributed by atoms with Gasteiger partial charge in [-0.05, 0) is 49.6 Å². The minimum atomic E-state index is -0.277. The van der Waals surface area contributed by atoms with Crippen LogP contribution in [-0.2, 0) is 17.8 Å². The number of hydrogen-bond donors (Lipinski definition) is 0. The van der Waals surface area contributed by atoms with Gasteiger partial charge in [0.2, 0.25) is 5.91 Å². The molecule has 5 heteroatoms. The van der Waals surface area contributed by atoms with Crippen LogP contribution in [0.4, 0.5) is 10.1 Å². The van der Waals surface area contributed by atoms with Gasteiger partial charge in [0, 0.05) is 28.8 Å². The minimum Gasteiger partial charge on any atom is -0.337 e. The largest absolute Gasteiger partial charge is 0.337 e. The Bertz CT molecular complexity index is 1050. The van der Waals surface area contributed by atoms with Crippen molar-refractivity contribution in [2.24, 2.45) is 0 Å². The molecule has 3 aromatic rings. The molecule has 2 heterocycles. The summed E-state index contributed by atoms with van der Waals surface area (Å²) in [5.41, 5.74) is 3.07. The maximum absolute atomic E-state index is 13.5. The summed E-state index contributed by atoms with van der Waals surface area (Å²) < 4.78 is 15.4. The molecule has 0 bridgehead atoms. The van der Waals surface area contributed by atoms with E-state index in [1.165, 1.54) is 12.1 Å². The monoisotopic (exact) mass is 347 g/mol. The van der Waals surface area contributed by atoms with Gasteiger partial charge >= 0.3 is 0 Å². The van der Waals surface area contributed by atoms with E-state index in [1.54, 1.807) is 17.2 Å². The predicted octanol–water partition coefficient (Wildman–Crippen LogP) is 4.02. The van der Waals surface area contributed by atoms with Gasteiger partial charge in [0.15, 0.2) is 0 Å². The van der Waals surface area contributed by atoms with Crippen molar-refractivity contribution < 1.29 is 9.18 Å². The molecule has 4 rings (SSSR count). The molecule has 4 nitrogen and oxygen atoms in total. The first kappa shape index (κ1) is 16.3. The molecule has 0 saturated heterocycles. The lowest BCUT2D eigenvalue weighted by Crippen LogP contribution is -2.43. The Kier molecular flexibility index (Phi) is 3.96. The number of carbonyl (C=O) groups excluding carboxylic acids is 1. The third kappa shape index (κ3) is 2.64. The average Bonchev–Trinajstić information content (AvgIpc) is 2.99. The molecule has 0 radical (unpaired) electrons. The van der Waals surface area contributed by atoms with Gasteiger partial charge in [-0.1, -0.05) is 18.2 Å². The first-order valence-electron chi connectivity index (χ1n) is 8.67. The highest BCUT2D eigenvalue weighted by molar-refractivity contribution is 5.96. The zero-order valence-corrected chi connectivity index (χ0v) is 14.4. The van der Waals surface area contributed by atoms with Crippen molar-refractivity contribution in [1.82, 2.24) is 4.57 Å². The van der Waals surface area contributed by atoms with Gasteiger partial charge in [-0.15, -0.1) is 0 Å². The van der Waals surface area contributed by atoms with E-state index < -0.39 is 0 Å². The van der Waals surface area contributed by atoms with E-state index in [4.69, 9.17) is 0 Å². The van der Waals surface area contributed by atoms with Crippen LogP contribution in [0.25, 0.3) is 10.9 Å². The molecular formula is C21H18FN3O. The van der Waals surface area contributed by atoms with Crippen molar-refractivity contribution in [3.63, 3.8) is 0 Å². The first-order chi connectivity index (χ1) is 12.6. The fourth-order valence-electron chi connectivity index (χ4n) is 3.79. The quantitative estimate of drug-likeness (QED) is 0.703. The van der Waals surface area contributed by atoms with E-state index in [9.17, 15) is 14.4 Å². The standard InChI is InChI=1S/C21H18FN3O/c1-14-6-7-15-10-17(22)8-9-19(15)25(14)21(26)13-24-12-16(11-23)18-4-2-3-5-20(18)24/h2-5,8-10,12,14H,6-7,13H2,1H3/t14-/m0/s1. The van der Waals surface area contributed by atoms with Crippen molar-refractivity contribution in [2.45, 2.75) is 32.4 Å². The smallest absolute Gasteiger partial charge is 0.247 e. The van der Waals surface area contributed by atoms with Crippen LogP contribution >= 0.6 is 0 Å². The second kappa shape index (κ2) is 6.30. The number of nitrogens with zero attached hydrogens (tertiary/aromatic N) is 3. The van der Waals surface area contributed by atoms with E-state index >= 15 is 0 Å². The summed E-state index contributed by atoms with van der Waals surface area (Å²) in [4.78, 5) is 14.9. The molecule has 0 aliphatic carbocycles. The normalized spacial score (nSPS) is 16.3. The lowest BCUT2D eigenvalue weighted by atomic mass is 9.96. The van der Waals surface area contributed by atoms with Crippen molar-refractivity contribution in [3.05, 3.63) is 65.6 Å². The van der Waals surface area contributed by atoms with Crippen LogP contribution in [0.1, 0.15) is 24.5 Å². The molecule has 26 heavy (non-hydrogen) atoms. The second-order valence-corrected chi connectivity index (χ2v) is 6.72. The number of hydrogen-bond acceptors (Lipinski definition) is 2. The van der Waals surface area contributed by atoms with E-state index in [0.29, 0.717) is 5.56 Å². The van der Waals surface area contributed by atoms with Gasteiger partial charge in [-0.2, -0.15) is 5.26 Å². The summed E-state index contributed by atoms with van der Waals surface area (Å²) in [6.07, 6.45) is 3.30. The van der Waals surface area contributed by atoms with Gasteiger partial charge in [0.25, 0.3) is 0 Å². The number of halogens is 1. The van der Waals surface area contributed by atoms with Crippen molar-refractivity contribution in [3.8, 4) is 6.07 Å². The Morgan fingerprint density at radius 3 is 2.92 bits per heavy atom. The SMILES string of the molecule is C[C@H]1CCc2cc(F)ccc2N1C(=O)Cn1cc(C#N)c2ccccc21. The first-order valence-corrected chi connectivity index (χ1v) is 8.67. The van der Waals surface area contributed by atoms with Crippen molar-refractivity contribution >= 4 is 22.5 Å². The maximum Gasteiger partial charge on any atom is 0.247 e. The lowest BCUT2D eigenvalue weighted by Gasteiger charge is -2.35. The number of aromatic nitrogens is 1. The van der Waals surface area contributed by atoms with Gasteiger partial charge in [0.05, 0.1) is 5.56 Å². The number of carbonyl (C=O) groups is 1. The zero-order valence-electron chi connectivity index (χ0n) is 14.4. The Hall–Kier alpha value is -3.13. The summed E-state index contributed by atoms with van der Waals surface area (Å²) in [6.45, 7) is 2.15. The van der Waals surface area contributed by atoms with Crippen molar-refractivity contribution in [1.29, 1.82) is 5.26 Å². The van der Waals surface area contributed by atoms with Crippen LogP contribution < -0.4 is 4.90 Å². The molecule has 1 aliphatic rings. The summed E-state index contributed by atoms with van der Waals surface area (Å²) in [5.74, 6) is -0.337. The number of aryl methyl sites for hydroxylation is 1. The van der Waals surface area contributed by atoms with Crippen LogP contribution in [0.5, 0.6) is 0 Å². The lowest BCUT2D eigenvalue weighted by molar-refractivity contribution is -0.119. The topological polar surface area (TPSA) is 49.0 Å². The van der Waals surface area contributed by atoms with E-state index in [2.05, 4.69) is 6.07 Å². The van der Waals surface area contributed by atoms with E-state index in [1.807, 2.05) is 35.8 Å². The Morgan fingerprint density at radius 2 is 2.12 bits per heavy atom. The van der Waals surface area contributed by atoms with Crippen LogP contribution in [0.2, 0.25) is 0 Å². The molecule has 0 unspecified atom stereocenters. The van der Waals surface area contributed by atoms with Gasteiger partial charge < -0.3 is 9.47 Å². The molecule has 0 N–H and O–H groups in total. The summed E-state index contributed by atoms with van der Waals surface area (Å²) in [7, 11) is 0. The highest BCUT2D eigenvalue weighted by Gasteiger charge is 2.28. The molecule has 2 aromatic carbocycles. The molecule has 1 aliphatic heterocycles. The van der Waals surface area contributed by atoms with Gasteiger partial charge in [-0.25, -0.2) is 4.39 Å². The molecule has 0 spiro atoms. The number of para-hydroxylation sites is 1. The van der Waals surface area contributed by atoms with E-state index in [-0.39, 0.29) is 24.3 Å². The second-order valence-electron chi connectivity index (χ2n) is 6.72. The zero-order chi connectivity index (χ0) is 18.3. The summed E-state index contributed by atoms with van der Waals surface area (Å²) >= 11 is 0. The fourth-order valence-corrected chi connectivity index (χ4v) is 3.79. The van der Waals surface area contributed by atoms with Crippen LogP contribution in [0, 0.1) is 17.1 Å². The number of rotatable bonds is 2. The number of fused-ring (bicyclic) bond motifs is 2. The van der Waals surface area contributed by atoms with E-state index in [0.717, 1.165) is 35.0 Å². The molecule has 0 fully saturated rings. The third-order valence-corrected chi connectivity index (χ3v) is 5.06. The fraction of sp³-hybridized carbons (Fsp3) is 0.238. The van der Waals surface area contributed by atoms with Gasteiger partial charge in [-0.3, -0.25) is 4.79 Å². The molecule has 1 amide bonds. The Labute approximate surface area is 151 Å². The molecule has 1 aromatic heterocycles. The number of nitriles is 1. The van der Waals surface area contributed by atoms with Crippen LogP contribution in [0.15, 0.2) is 48.7 Å². The Morgan fingerprint density at radius 1 is 1.31 bits per heavy atom. The highest BCUT2D eigenvalue weighted by atomic mass is 19.1. The maximum atomic E-state index is 13.5. The van der Waals surface area contributed by atoms with Crippen molar-refractivity contribution in [2.75, 3.05) is 4.90 Å². The van der Waals surface area contributed by atoms with Crippen LogP contribution in [-0.4, -0.2) is 16.5 Å². The number of benzene rings is 2. The molecule has 130 valence electrons. The summed E-state index contributed by atoms with van der Waals surface area (Å²) in [6, 6.07) is 14.4. The predicted molar refractivity (Wildman–Crippen MR) is 98.3 cm³/mol. The number of anilines is 1. The molecule has 0 saturated carbocycles. The minimum absolute atomic E-state index is 0.0534. The summed E-state index contributed by atoms with van der Waals surface area (Å²) in [5, 5.41) is 10.2.